The number of aliphatic hydroxyl groups is 1. The average molecular weight is 657 g/mol. The van der Waals surface area contributed by atoms with Crippen molar-refractivity contribution in [2.75, 3.05) is 39.8 Å². The van der Waals surface area contributed by atoms with Crippen LogP contribution in [0.5, 0.6) is 11.5 Å². The van der Waals surface area contributed by atoms with E-state index in [2.05, 4.69) is 5.32 Å². The predicted octanol–water partition coefficient (Wildman–Crippen LogP) is 1.78. The lowest BCUT2D eigenvalue weighted by molar-refractivity contribution is -0.0907. The van der Waals surface area contributed by atoms with Crippen molar-refractivity contribution in [3.05, 3.63) is 53.6 Å². The molecule has 242 valence electrons. The summed E-state index contributed by atoms with van der Waals surface area (Å²) < 4.78 is 67.6. The molecule has 3 aliphatic heterocycles. The molecule has 1 amide bonds. The van der Waals surface area contributed by atoms with Gasteiger partial charge >= 0.3 is 13.7 Å². The summed E-state index contributed by atoms with van der Waals surface area (Å²) in [5.74, 6) is -0.521. The molecule has 4 N–H and O–H groups in total. The van der Waals surface area contributed by atoms with Gasteiger partial charge in [0, 0.05) is 24.6 Å². The van der Waals surface area contributed by atoms with Crippen molar-refractivity contribution < 1.29 is 56.4 Å². The van der Waals surface area contributed by atoms with Crippen LogP contribution in [0, 0.1) is 5.92 Å². The zero-order valence-electron chi connectivity index (χ0n) is 24.3. The molecule has 0 saturated carbocycles. The first-order valence-corrected chi connectivity index (χ1v) is 17.4. The number of benzene rings is 2. The lowest BCUT2D eigenvalue weighted by Gasteiger charge is -2.36. The number of nitrogens with one attached hydrogen (secondary N) is 1. The van der Waals surface area contributed by atoms with E-state index in [1.807, 2.05) is 30.3 Å². The zero-order valence-corrected chi connectivity index (χ0v) is 26.0. The summed E-state index contributed by atoms with van der Waals surface area (Å²) in [6.45, 7) is 2.03. The lowest BCUT2D eigenvalue weighted by Crippen LogP contribution is -2.52. The highest BCUT2D eigenvalue weighted by Gasteiger charge is 2.44. The number of hydrogen-bond donors (Lipinski definition) is 4. The molecule has 6 atom stereocenters. The van der Waals surface area contributed by atoms with Crippen molar-refractivity contribution in [3.63, 3.8) is 0 Å². The smallest absolute Gasteiger partial charge is 0.407 e. The molecule has 3 aliphatic rings. The number of carbonyl (C=O) groups is 1. The van der Waals surface area contributed by atoms with Gasteiger partial charge in [-0.15, -0.1) is 0 Å². The molecule has 1 unspecified atom stereocenters. The van der Waals surface area contributed by atoms with Gasteiger partial charge in [-0.25, -0.2) is 13.2 Å². The number of aliphatic hydroxyl groups excluding tert-OH is 1. The summed E-state index contributed by atoms with van der Waals surface area (Å²) >= 11 is 0. The van der Waals surface area contributed by atoms with E-state index in [-0.39, 0.29) is 54.0 Å². The van der Waals surface area contributed by atoms with E-state index in [9.17, 15) is 32.7 Å². The zero-order chi connectivity index (χ0) is 31.6. The lowest BCUT2D eigenvalue weighted by atomic mass is 9.98. The number of alkyl carbamates (subject to hydrolysis) is 1. The van der Waals surface area contributed by atoms with E-state index in [1.54, 1.807) is 6.92 Å². The maximum absolute atomic E-state index is 13.8. The monoisotopic (exact) mass is 656 g/mol. The maximum atomic E-state index is 13.8. The van der Waals surface area contributed by atoms with Gasteiger partial charge in [0.1, 0.15) is 6.10 Å². The Bertz CT molecular complexity index is 1490. The summed E-state index contributed by atoms with van der Waals surface area (Å²) in [6.07, 6.45) is -3.07. The first-order valence-electron chi connectivity index (χ1n) is 14.2. The van der Waals surface area contributed by atoms with Crippen molar-refractivity contribution in [3.8, 4) is 11.5 Å². The van der Waals surface area contributed by atoms with Crippen molar-refractivity contribution >= 4 is 23.7 Å². The molecule has 2 fully saturated rings. The Labute approximate surface area is 255 Å². The molecule has 16 heteroatoms. The van der Waals surface area contributed by atoms with Gasteiger partial charge in [0.25, 0.3) is 0 Å². The van der Waals surface area contributed by atoms with Crippen molar-refractivity contribution in [1.82, 2.24) is 9.62 Å². The van der Waals surface area contributed by atoms with Gasteiger partial charge < -0.3 is 43.9 Å². The highest BCUT2D eigenvalue weighted by molar-refractivity contribution is 7.89. The summed E-state index contributed by atoms with van der Waals surface area (Å²) in [6, 6.07) is 10.9. The molecular formula is C28H37N2O12PS. The fourth-order valence-corrected chi connectivity index (χ4v) is 8.03. The summed E-state index contributed by atoms with van der Waals surface area (Å²) in [5.41, 5.74) is 1.03. The number of rotatable bonds is 11. The third kappa shape index (κ3) is 7.21. The summed E-state index contributed by atoms with van der Waals surface area (Å²) in [4.78, 5) is 31.5. The van der Waals surface area contributed by atoms with Gasteiger partial charge in [0.2, 0.25) is 10.0 Å². The third-order valence-electron chi connectivity index (χ3n) is 8.01. The van der Waals surface area contributed by atoms with E-state index >= 15 is 0 Å². The van der Waals surface area contributed by atoms with Crippen LogP contribution < -0.4 is 14.8 Å². The number of amides is 1. The Morgan fingerprint density at radius 2 is 1.93 bits per heavy atom. The largest absolute Gasteiger partial charge is 0.493 e. The van der Waals surface area contributed by atoms with E-state index in [0.717, 1.165) is 9.87 Å². The first kappa shape index (κ1) is 32.6. The van der Waals surface area contributed by atoms with E-state index in [0.29, 0.717) is 13.0 Å². The van der Waals surface area contributed by atoms with Gasteiger partial charge in [0.15, 0.2) is 24.1 Å². The van der Waals surface area contributed by atoms with E-state index in [4.69, 9.17) is 23.7 Å². The molecule has 0 aromatic heterocycles. The molecule has 14 nitrogen and oxygen atoms in total. The van der Waals surface area contributed by atoms with Gasteiger partial charge in [0.05, 0.1) is 43.3 Å². The Balaban J connectivity index is 1.35. The Morgan fingerprint density at radius 1 is 1.18 bits per heavy atom. The van der Waals surface area contributed by atoms with E-state index in [1.165, 1.54) is 19.2 Å². The van der Waals surface area contributed by atoms with Gasteiger partial charge in [-0.1, -0.05) is 37.3 Å². The van der Waals surface area contributed by atoms with Crippen LogP contribution >= 0.6 is 7.60 Å². The fourth-order valence-electron chi connectivity index (χ4n) is 5.88. The van der Waals surface area contributed by atoms with Crippen LogP contribution in [-0.4, -0.2) is 98.0 Å². The van der Waals surface area contributed by atoms with E-state index < -0.39 is 60.5 Å². The number of sulfonamides is 1. The Hall–Kier alpha value is -2.75. The van der Waals surface area contributed by atoms with Crippen molar-refractivity contribution in [1.29, 1.82) is 0 Å². The molecule has 0 radical (unpaired) electrons. The Kier molecular flexibility index (Phi) is 9.87. The van der Waals surface area contributed by atoms with Crippen molar-refractivity contribution in [2.45, 2.75) is 55.1 Å². The fraction of sp³-hybridized carbons (Fsp3) is 0.536. The minimum atomic E-state index is -4.58. The molecule has 0 spiro atoms. The van der Waals surface area contributed by atoms with Crippen LogP contribution in [0.25, 0.3) is 0 Å². The molecule has 3 heterocycles. The normalized spacial score (nSPS) is 25.8. The van der Waals surface area contributed by atoms with Crippen LogP contribution in [0.15, 0.2) is 47.4 Å². The van der Waals surface area contributed by atoms with Crippen LogP contribution in [0.3, 0.4) is 0 Å². The summed E-state index contributed by atoms with van der Waals surface area (Å²) in [7, 11) is -7.45. The molecule has 0 bridgehead atoms. The SMILES string of the molecule is COc1ccc2c(c1OCP(=O)(O)O)C(C)CN(C[C@@H](O)[C@H](Cc1ccccc1)NC(=O)O[C@H]1CO[C@H]3OCC[C@H]31)S2(=O)=O. The quantitative estimate of drug-likeness (QED) is 0.257. The molecule has 44 heavy (non-hydrogen) atoms. The molecule has 2 saturated heterocycles. The first-order chi connectivity index (χ1) is 20.9. The second-order valence-electron chi connectivity index (χ2n) is 11.1. The Morgan fingerprint density at radius 3 is 2.64 bits per heavy atom. The number of nitrogens with zero attached hydrogens (tertiary/aromatic N) is 1. The number of ether oxygens (including phenoxy) is 5. The van der Waals surface area contributed by atoms with Gasteiger partial charge in [-0.05, 0) is 30.5 Å². The number of methoxy groups -OCH3 is 1. The van der Waals surface area contributed by atoms with Crippen LogP contribution in [-0.2, 0) is 35.2 Å². The van der Waals surface area contributed by atoms with Crippen LogP contribution in [0.1, 0.15) is 30.4 Å². The van der Waals surface area contributed by atoms with Gasteiger partial charge in [-0.3, -0.25) is 4.57 Å². The third-order valence-corrected chi connectivity index (χ3v) is 10.4. The average Bonchev–Trinajstić information content (AvgIpc) is 3.59. The van der Waals surface area contributed by atoms with Crippen LogP contribution in [0.2, 0.25) is 0 Å². The molecule has 5 rings (SSSR count). The number of hydrogen-bond acceptors (Lipinski definition) is 10. The minimum Gasteiger partial charge on any atom is -0.493 e. The molecule has 2 aromatic carbocycles. The number of carbonyl (C=O) groups excluding carboxylic acids is 1. The number of fused-ring (bicyclic) bond motifs is 2. The van der Waals surface area contributed by atoms with Gasteiger partial charge in [-0.2, -0.15) is 4.31 Å². The summed E-state index contributed by atoms with van der Waals surface area (Å²) in [5, 5.41) is 14.1. The topological polar surface area (TPSA) is 190 Å². The van der Waals surface area contributed by atoms with Crippen molar-refractivity contribution in [2.24, 2.45) is 5.92 Å². The minimum absolute atomic E-state index is 0.0678. The highest BCUT2D eigenvalue weighted by atomic mass is 32.2. The molecular weight excluding hydrogens is 619 g/mol. The number of β-amino-alcohol motifs (C(OH)–C–C–N with tert-alkyl or cyclic N) is 1. The molecule has 2 aromatic rings. The second-order valence-corrected chi connectivity index (χ2v) is 14.6. The maximum Gasteiger partial charge on any atom is 0.407 e. The standard InChI is InChI=1S/C28H37N2O12PS/c1-17-13-30(44(36,37)24-9-8-22(38-2)26(25(17)24)41-16-43(33,34)35)14-21(31)20(12-18-6-4-3-5-7-18)29-28(32)42-23-15-40-27-19(23)10-11-39-27/h3-9,17,19-21,23,27,31H,10-16H2,1-2H3,(H,29,32)(H2,33,34,35)/t17?,19-,20-,21+,23-,27+/m0/s1. The second kappa shape index (κ2) is 13.3. The van der Waals surface area contributed by atoms with Crippen LogP contribution in [0.4, 0.5) is 4.79 Å². The molecule has 0 aliphatic carbocycles. The predicted molar refractivity (Wildman–Crippen MR) is 155 cm³/mol. The highest BCUT2D eigenvalue weighted by Crippen LogP contribution is 2.46.